The highest BCUT2D eigenvalue weighted by molar-refractivity contribution is 6.11. The number of hydrogen-bond acceptors (Lipinski definition) is 4. The largest absolute Gasteiger partial charge is 0.497 e. The van der Waals surface area contributed by atoms with Gasteiger partial charge in [-0.2, -0.15) is 0 Å². The Hall–Kier alpha value is -3.15. The molecule has 164 valence electrons. The van der Waals surface area contributed by atoms with Gasteiger partial charge in [0.25, 0.3) is 5.91 Å². The van der Waals surface area contributed by atoms with Crippen LogP contribution in [-0.4, -0.2) is 36.3 Å². The van der Waals surface area contributed by atoms with Crippen LogP contribution in [0, 0.1) is 0 Å². The Kier molecular flexibility index (Phi) is 7.10. The zero-order valence-electron chi connectivity index (χ0n) is 18.4. The lowest BCUT2D eigenvalue weighted by Crippen LogP contribution is -2.41. The van der Waals surface area contributed by atoms with Gasteiger partial charge in [0, 0.05) is 5.56 Å². The summed E-state index contributed by atoms with van der Waals surface area (Å²) in [7, 11) is 1.56. The number of urea groups is 1. The molecule has 1 fully saturated rings. The van der Waals surface area contributed by atoms with Gasteiger partial charge in [-0.1, -0.05) is 62.6 Å². The summed E-state index contributed by atoms with van der Waals surface area (Å²) in [5.41, 5.74) is 1.10. The quantitative estimate of drug-likeness (QED) is 0.348. The highest BCUT2D eigenvalue weighted by atomic mass is 16.5. The number of unbranched alkanes of at least 4 members (excludes halogenated alkanes) is 3. The van der Waals surface area contributed by atoms with Gasteiger partial charge in [-0.15, -0.1) is 0 Å². The van der Waals surface area contributed by atoms with Crippen molar-refractivity contribution in [2.75, 3.05) is 13.7 Å². The summed E-state index contributed by atoms with van der Waals surface area (Å²) in [5.74, 6) is -0.0476. The molecule has 1 atom stereocenters. The third-order valence-corrected chi connectivity index (χ3v) is 5.84. The van der Waals surface area contributed by atoms with Gasteiger partial charge >= 0.3 is 6.03 Å². The Balaban J connectivity index is 1.65. The second-order valence-corrected chi connectivity index (χ2v) is 8.11. The summed E-state index contributed by atoms with van der Waals surface area (Å²) < 4.78 is 5.15. The molecule has 1 N–H and O–H groups in total. The van der Waals surface area contributed by atoms with Gasteiger partial charge in [0.1, 0.15) is 11.3 Å². The predicted octanol–water partition coefficient (Wildman–Crippen LogP) is 4.47. The standard InChI is InChI=1S/C25H30N2O4/c1-4-5-6-7-8-18-9-11-19(12-10-18)22(28)17-27-23(29)25(2,26-24(27)30)20-13-15-21(31-3)16-14-20/h9-16H,4-8,17H2,1-3H3,(H,26,30). The molecule has 0 bridgehead atoms. The van der Waals surface area contributed by atoms with Crippen LogP contribution in [0.4, 0.5) is 4.79 Å². The number of nitrogens with one attached hydrogen (secondary N) is 1. The van der Waals surface area contributed by atoms with Crippen molar-refractivity contribution >= 4 is 17.7 Å². The number of Topliss-reactive ketones (excluding diaryl/α,β-unsaturated/α-hetero) is 1. The van der Waals surface area contributed by atoms with E-state index >= 15 is 0 Å². The summed E-state index contributed by atoms with van der Waals surface area (Å²) >= 11 is 0. The van der Waals surface area contributed by atoms with Crippen LogP contribution < -0.4 is 10.1 Å². The average Bonchev–Trinajstić information content (AvgIpc) is 3.01. The van der Waals surface area contributed by atoms with Crippen LogP contribution in [0.2, 0.25) is 0 Å². The predicted molar refractivity (Wildman–Crippen MR) is 119 cm³/mol. The normalized spacial score (nSPS) is 18.2. The number of rotatable bonds is 10. The number of imide groups is 1. The maximum absolute atomic E-state index is 13.0. The molecular formula is C25H30N2O4. The summed E-state index contributed by atoms with van der Waals surface area (Å²) in [6, 6.07) is 13.8. The first-order chi connectivity index (χ1) is 14.9. The number of carbonyl (C=O) groups excluding carboxylic acids is 3. The lowest BCUT2D eigenvalue weighted by atomic mass is 9.92. The first-order valence-electron chi connectivity index (χ1n) is 10.8. The third-order valence-electron chi connectivity index (χ3n) is 5.84. The summed E-state index contributed by atoms with van der Waals surface area (Å²) in [5, 5.41) is 2.73. The smallest absolute Gasteiger partial charge is 0.325 e. The van der Waals surface area contributed by atoms with E-state index in [-0.39, 0.29) is 12.3 Å². The van der Waals surface area contributed by atoms with E-state index in [1.807, 2.05) is 12.1 Å². The second kappa shape index (κ2) is 9.77. The van der Waals surface area contributed by atoms with Gasteiger partial charge in [-0.3, -0.25) is 14.5 Å². The number of nitrogens with zero attached hydrogens (tertiary/aromatic N) is 1. The van der Waals surface area contributed by atoms with Crippen molar-refractivity contribution < 1.29 is 19.1 Å². The number of aryl methyl sites for hydroxylation is 1. The Morgan fingerprint density at radius 3 is 2.29 bits per heavy atom. The zero-order chi connectivity index (χ0) is 22.4. The van der Waals surface area contributed by atoms with Crippen LogP contribution in [0.5, 0.6) is 5.75 Å². The van der Waals surface area contributed by atoms with Crippen molar-refractivity contribution in [3.8, 4) is 5.75 Å². The van der Waals surface area contributed by atoms with Crippen LogP contribution in [0.15, 0.2) is 48.5 Å². The molecule has 3 amide bonds. The first kappa shape index (κ1) is 22.5. The molecule has 1 aliphatic heterocycles. The second-order valence-electron chi connectivity index (χ2n) is 8.11. The maximum atomic E-state index is 13.0. The van der Waals surface area contributed by atoms with Gasteiger partial charge in [-0.05, 0) is 43.0 Å². The van der Waals surface area contributed by atoms with E-state index in [1.54, 1.807) is 50.4 Å². The van der Waals surface area contributed by atoms with E-state index in [0.29, 0.717) is 16.9 Å². The molecule has 0 spiro atoms. The highest BCUT2D eigenvalue weighted by Crippen LogP contribution is 2.30. The van der Waals surface area contributed by atoms with Gasteiger partial charge < -0.3 is 10.1 Å². The molecule has 0 aliphatic carbocycles. The molecule has 6 heteroatoms. The lowest BCUT2D eigenvalue weighted by Gasteiger charge is -2.22. The molecule has 1 heterocycles. The summed E-state index contributed by atoms with van der Waals surface area (Å²) in [6.07, 6.45) is 5.76. The van der Waals surface area contributed by atoms with E-state index in [0.717, 1.165) is 17.7 Å². The molecule has 31 heavy (non-hydrogen) atoms. The van der Waals surface area contributed by atoms with Gasteiger partial charge in [0.2, 0.25) is 0 Å². The Bertz CT molecular complexity index is 937. The molecule has 1 saturated heterocycles. The molecule has 3 rings (SSSR count). The number of amides is 3. The van der Waals surface area contributed by atoms with Crippen molar-refractivity contribution in [2.45, 2.75) is 51.5 Å². The Morgan fingerprint density at radius 2 is 1.68 bits per heavy atom. The van der Waals surface area contributed by atoms with Gasteiger partial charge in [0.05, 0.1) is 13.7 Å². The SMILES string of the molecule is CCCCCCc1ccc(C(=O)CN2C(=O)NC(C)(c3ccc(OC)cc3)C2=O)cc1. The molecule has 0 radical (unpaired) electrons. The Morgan fingerprint density at radius 1 is 1.00 bits per heavy atom. The van der Waals surface area contributed by atoms with E-state index in [9.17, 15) is 14.4 Å². The fraction of sp³-hybridized carbons (Fsp3) is 0.400. The lowest BCUT2D eigenvalue weighted by molar-refractivity contribution is -0.130. The number of hydrogen-bond donors (Lipinski definition) is 1. The van der Waals surface area contributed by atoms with Crippen molar-refractivity contribution in [1.29, 1.82) is 0 Å². The van der Waals surface area contributed by atoms with Crippen LogP contribution in [-0.2, 0) is 16.8 Å². The molecule has 1 aliphatic rings. The number of ether oxygens (including phenoxy) is 1. The average molecular weight is 423 g/mol. The minimum Gasteiger partial charge on any atom is -0.497 e. The van der Waals surface area contributed by atoms with E-state index in [4.69, 9.17) is 4.74 Å². The Labute approximate surface area is 183 Å². The van der Waals surface area contributed by atoms with Gasteiger partial charge in [0.15, 0.2) is 5.78 Å². The number of methoxy groups -OCH3 is 1. The molecule has 1 unspecified atom stereocenters. The van der Waals surface area contributed by atoms with Crippen LogP contribution in [0.3, 0.4) is 0 Å². The summed E-state index contributed by atoms with van der Waals surface area (Å²) in [6.45, 7) is 3.55. The third kappa shape index (κ3) is 4.95. The fourth-order valence-electron chi connectivity index (χ4n) is 3.81. The molecule has 0 saturated carbocycles. The molecule has 2 aromatic rings. The maximum Gasteiger partial charge on any atom is 0.325 e. The minimum atomic E-state index is -1.22. The van der Waals surface area contributed by atoms with Crippen LogP contribution in [0.25, 0.3) is 0 Å². The zero-order valence-corrected chi connectivity index (χ0v) is 18.4. The topological polar surface area (TPSA) is 75.7 Å². The monoisotopic (exact) mass is 422 g/mol. The first-order valence-corrected chi connectivity index (χ1v) is 10.8. The molecular weight excluding hydrogens is 392 g/mol. The molecule has 6 nitrogen and oxygen atoms in total. The summed E-state index contributed by atoms with van der Waals surface area (Å²) in [4.78, 5) is 39.3. The van der Waals surface area contributed by atoms with Crippen molar-refractivity contribution in [2.24, 2.45) is 0 Å². The molecule has 0 aromatic heterocycles. The van der Waals surface area contributed by atoms with Crippen molar-refractivity contribution in [3.05, 3.63) is 65.2 Å². The number of ketones is 1. The van der Waals surface area contributed by atoms with E-state index in [1.165, 1.54) is 24.8 Å². The highest BCUT2D eigenvalue weighted by Gasteiger charge is 2.49. The van der Waals surface area contributed by atoms with Crippen LogP contribution in [0.1, 0.15) is 61.0 Å². The number of carbonyl (C=O) groups is 3. The van der Waals surface area contributed by atoms with Crippen molar-refractivity contribution in [3.63, 3.8) is 0 Å². The van der Waals surface area contributed by atoms with E-state index in [2.05, 4.69) is 12.2 Å². The van der Waals surface area contributed by atoms with E-state index < -0.39 is 17.5 Å². The van der Waals surface area contributed by atoms with Crippen molar-refractivity contribution in [1.82, 2.24) is 10.2 Å². The molecule has 2 aromatic carbocycles. The fourth-order valence-corrected chi connectivity index (χ4v) is 3.81. The van der Waals surface area contributed by atoms with Crippen LogP contribution >= 0.6 is 0 Å². The minimum absolute atomic E-state index is 0.264. The van der Waals surface area contributed by atoms with Gasteiger partial charge in [-0.25, -0.2) is 4.79 Å². The number of benzene rings is 2.